The van der Waals surface area contributed by atoms with Gasteiger partial charge < -0.3 is 17.7 Å². The lowest BCUT2D eigenvalue weighted by Gasteiger charge is -2.28. The maximum atomic E-state index is 13.9. The summed E-state index contributed by atoms with van der Waals surface area (Å²) in [5.74, 6) is 0.864. The van der Waals surface area contributed by atoms with Crippen LogP contribution in [0.25, 0.3) is 176 Å². The number of furan rings is 4. The van der Waals surface area contributed by atoms with E-state index in [9.17, 15) is 30.7 Å². The lowest BCUT2D eigenvalue weighted by Crippen LogP contribution is -2.36. The van der Waals surface area contributed by atoms with Crippen molar-refractivity contribution < 1.29 is 66.7 Å². The largest absolute Gasteiger partial charge is 0.455 e. The second kappa shape index (κ2) is 33.1. The minimum absolute atomic E-state index is 0.161. The van der Waals surface area contributed by atoms with Crippen LogP contribution in [0, 0.1) is 68.2 Å². The van der Waals surface area contributed by atoms with Gasteiger partial charge in [-0.3, -0.25) is 0 Å². The smallest absolute Gasteiger partial charge is 0.394 e. The van der Waals surface area contributed by atoms with Crippen molar-refractivity contribution in [2.75, 3.05) is 0 Å². The molecule has 8 nitrogen and oxygen atoms in total. The summed E-state index contributed by atoms with van der Waals surface area (Å²) in [4.78, 5) is 0. The number of para-hydroxylation sites is 1. The van der Waals surface area contributed by atoms with Crippen molar-refractivity contribution in [3.63, 3.8) is 0 Å². The standard InChI is InChI=1S/C29H27FNO.C28H24F4NO.C28H25FNO.C27H25FNO/c1-18-10-12-24-23-13-11-21(30)17-27(23)32-29(24)28(18)26-15-14-22-20(16-19-6-3-4-7-19)8-5-9-25(22)31(26)2;1-16-9-11-21-20-12-10-18(29)14-24(20)34-26(21)25(16)23-13-17(15-27(2,3)28(30,31)32)19-7-5-6-8-22(19)33(23)4;1-17-10-12-23-22-13-11-19(29)16-26(22)31-28(23)27(17)25-15-14-21-20(18-6-3-4-7-18)8-5-9-24(21)30(25)2;1-16(2)14-18-6-5-7-23-20(18)12-13-24(29(23)4)26-17(3)8-10-22-21-11-9-19(28)15-25(21)30-27(22)26/h5,8-15,17,19H,3-4,6-7,16H2,1-2H3;5-14H,15H2,1-4H3;5,8-16,18H,3-4,6-7H2,1-2H3;5-13,15-16H,14H2,1-4H3/q4*+1. The molecule has 0 unspecified atom stereocenters. The van der Waals surface area contributed by atoms with Gasteiger partial charge in [0, 0.05) is 137 Å². The summed E-state index contributed by atoms with van der Waals surface area (Å²) in [5, 5.41) is 12.3. The number of benzene rings is 12. The predicted octanol–water partition coefficient (Wildman–Crippen LogP) is 29.4. The van der Waals surface area contributed by atoms with Crippen molar-refractivity contribution in [3.05, 3.63) is 310 Å². The molecule has 2 aliphatic carbocycles. The fraction of sp³-hybridized carbons (Fsp3) is 0.250. The molecule has 127 heavy (non-hydrogen) atoms. The summed E-state index contributed by atoms with van der Waals surface area (Å²) in [6.07, 6.45) is 8.42. The number of hydrogen-bond acceptors (Lipinski definition) is 4. The van der Waals surface area contributed by atoms with Crippen molar-refractivity contribution in [2.45, 2.75) is 138 Å². The molecule has 0 amide bonds. The topological polar surface area (TPSA) is 68.1 Å². The fourth-order valence-electron chi connectivity index (χ4n) is 20.5. The van der Waals surface area contributed by atoms with E-state index in [0.29, 0.717) is 45.3 Å². The summed E-state index contributed by atoms with van der Waals surface area (Å²) in [6, 6.07) is 77.9. The molecule has 15 heteroatoms. The Morgan fingerprint density at radius 1 is 0.331 bits per heavy atom. The zero-order valence-corrected chi connectivity index (χ0v) is 73.7. The van der Waals surface area contributed by atoms with E-state index in [1.54, 1.807) is 12.1 Å². The third-order valence-electron chi connectivity index (χ3n) is 27.2. The minimum atomic E-state index is -4.34. The summed E-state index contributed by atoms with van der Waals surface area (Å²) in [7, 11) is 8.28. The SMILES string of the molecule is Cc1ccc2c(oc3cc(F)ccc32)c1-c1cc(CC(C)(C)C(F)(F)F)c2ccccc2[n+]1C.Cc1ccc2c(oc3cc(F)ccc32)c1-c1ccc2c(C3CCCC3)cccc2[n+]1C.Cc1ccc2c(oc3cc(F)ccc32)c1-c1ccc2c(CC(C)C)cccc2[n+]1C.Cc1ccc2c(oc3cc(F)ccc32)c1-c1ccc2c(CC3CCCC3)cccc2[n+]1C. The molecule has 0 radical (unpaired) electrons. The molecular formula is C112H101F7N4O4+4. The number of aryl methyl sites for hydroxylation is 8. The Morgan fingerprint density at radius 3 is 1.06 bits per heavy atom. The average molecular weight is 1700 g/mol. The molecule has 0 bridgehead atoms. The van der Waals surface area contributed by atoms with Crippen LogP contribution in [0.15, 0.2) is 260 Å². The first-order valence-corrected chi connectivity index (χ1v) is 44.3. The molecule has 8 heterocycles. The molecule has 0 saturated heterocycles. The molecule has 12 aromatic carbocycles. The first-order valence-electron chi connectivity index (χ1n) is 44.3. The van der Waals surface area contributed by atoms with E-state index in [1.807, 2.05) is 73.1 Å². The van der Waals surface area contributed by atoms with Gasteiger partial charge in [-0.15, -0.1) is 0 Å². The van der Waals surface area contributed by atoms with Gasteiger partial charge in [-0.05, 0) is 195 Å². The lowest BCUT2D eigenvalue weighted by atomic mass is 9.83. The Balaban J connectivity index is 0.000000110. The highest BCUT2D eigenvalue weighted by molar-refractivity contribution is 6.13. The van der Waals surface area contributed by atoms with Gasteiger partial charge in [0.2, 0.25) is 44.8 Å². The van der Waals surface area contributed by atoms with Crippen molar-refractivity contribution in [3.8, 4) is 45.0 Å². The molecule has 0 aliphatic heterocycles. The molecule has 0 N–H and O–H groups in total. The molecule has 2 fully saturated rings. The van der Waals surface area contributed by atoms with Crippen molar-refractivity contribution in [1.82, 2.24) is 0 Å². The molecule has 8 aromatic heterocycles. The van der Waals surface area contributed by atoms with E-state index in [1.165, 1.54) is 170 Å². The van der Waals surface area contributed by atoms with Gasteiger partial charge in [0.1, 0.15) is 96.1 Å². The van der Waals surface area contributed by atoms with Crippen LogP contribution in [0.3, 0.4) is 0 Å². The molecule has 0 spiro atoms. The second-order valence-corrected chi connectivity index (χ2v) is 36.4. The first-order chi connectivity index (χ1) is 61.1. The Bertz CT molecular complexity index is 7800. The minimum Gasteiger partial charge on any atom is -0.455 e. The van der Waals surface area contributed by atoms with Crippen LogP contribution in [0.4, 0.5) is 30.7 Å². The Hall–Kier alpha value is -13.0. The lowest BCUT2D eigenvalue weighted by molar-refractivity contribution is -0.633. The average Bonchev–Trinajstić information content (AvgIpc) is 1.69. The summed E-state index contributed by atoms with van der Waals surface area (Å²) >= 11 is 0. The Morgan fingerprint density at radius 2 is 0.654 bits per heavy atom. The predicted molar refractivity (Wildman–Crippen MR) is 499 cm³/mol. The molecule has 0 atom stereocenters. The monoisotopic (exact) mass is 1700 g/mol. The number of nitrogens with zero attached hydrogens (tertiary/aromatic N) is 4. The maximum absolute atomic E-state index is 13.9. The Labute approximate surface area is 732 Å². The van der Waals surface area contributed by atoms with Gasteiger partial charge in [-0.2, -0.15) is 31.4 Å². The van der Waals surface area contributed by atoms with Gasteiger partial charge in [-0.25, -0.2) is 17.6 Å². The first kappa shape index (κ1) is 83.5. The summed E-state index contributed by atoms with van der Waals surface area (Å²) in [5.41, 5.74) is 25.1. The summed E-state index contributed by atoms with van der Waals surface area (Å²) < 4.78 is 130. The van der Waals surface area contributed by atoms with Crippen LogP contribution in [0.2, 0.25) is 0 Å². The van der Waals surface area contributed by atoms with Crippen LogP contribution in [0.5, 0.6) is 0 Å². The van der Waals surface area contributed by atoms with Crippen LogP contribution < -0.4 is 18.3 Å². The molecule has 22 rings (SSSR count). The Kier molecular flexibility index (Phi) is 21.8. The molecular weight excluding hydrogens is 1600 g/mol. The van der Waals surface area contributed by atoms with E-state index in [4.69, 9.17) is 17.7 Å². The number of aromatic nitrogens is 4. The van der Waals surface area contributed by atoms with Gasteiger partial charge in [0.25, 0.3) is 0 Å². The van der Waals surface area contributed by atoms with Gasteiger partial charge in [0.15, 0.2) is 0 Å². The highest BCUT2D eigenvalue weighted by Crippen LogP contribution is 2.47. The molecule has 2 aliphatic rings. The number of hydrogen-bond donors (Lipinski definition) is 0. The number of fused-ring (bicyclic) bond motifs is 16. The van der Waals surface area contributed by atoms with Gasteiger partial charge in [-0.1, -0.05) is 163 Å². The van der Waals surface area contributed by atoms with E-state index in [0.717, 1.165) is 150 Å². The van der Waals surface area contributed by atoms with Crippen LogP contribution in [-0.4, -0.2) is 6.18 Å². The highest BCUT2D eigenvalue weighted by atomic mass is 19.4. The zero-order valence-electron chi connectivity index (χ0n) is 73.7. The second-order valence-electron chi connectivity index (χ2n) is 36.4. The normalized spacial score (nSPS) is 13.6. The van der Waals surface area contributed by atoms with Crippen molar-refractivity contribution in [1.29, 1.82) is 0 Å². The molecule has 638 valence electrons. The highest BCUT2D eigenvalue weighted by Gasteiger charge is 2.48. The number of halogens is 7. The van der Waals surface area contributed by atoms with Crippen LogP contribution in [0.1, 0.15) is 129 Å². The van der Waals surface area contributed by atoms with E-state index >= 15 is 0 Å². The third-order valence-corrected chi connectivity index (χ3v) is 27.2. The van der Waals surface area contributed by atoms with E-state index in [2.05, 4.69) is 197 Å². The van der Waals surface area contributed by atoms with Crippen LogP contribution in [-0.2, 0) is 47.5 Å². The van der Waals surface area contributed by atoms with E-state index < -0.39 is 17.4 Å². The van der Waals surface area contributed by atoms with Gasteiger partial charge >= 0.3 is 6.18 Å². The van der Waals surface area contributed by atoms with Crippen molar-refractivity contribution in [2.24, 2.45) is 45.4 Å². The number of alkyl halides is 3. The summed E-state index contributed by atoms with van der Waals surface area (Å²) in [6.45, 7) is 15.2. The third kappa shape index (κ3) is 15.2. The molecule has 2 saturated carbocycles. The number of rotatable bonds is 11. The molecule has 20 aromatic rings. The van der Waals surface area contributed by atoms with Gasteiger partial charge in [0.05, 0.1) is 27.7 Å². The fourth-order valence-corrected chi connectivity index (χ4v) is 20.5. The van der Waals surface area contributed by atoms with Crippen molar-refractivity contribution >= 4 is 131 Å². The van der Waals surface area contributed by atoms with E-state index in [-0.39, 0.29) is 23.9 Å². The maximum Gasteiger partial charge on any atom is 0.394 e. The van der Waals surface area contributed by atoms with Crippen LogP contribution >= 0.6 is 0 Å². The quantitative estimate of drug-likeness (QED) is 0.0956. The zero-order chi connectivity index (χ0) is 88.3. The number of pyridine rings is 4.